The van der Waals surface area contributed by atoms with Crippen LogP contribution in [0.5, 0.6) is 0 Å². The highest BCUT2D eigenvalue weighted by Crippen LogP contribution is 2.29. The number of benzene rings is 2. The topological polar surface area (TPSA) is 75.7 Å². The van der Waals surface area contributed by atoms with Crippen LogP contribution in [0.15, 0.2) is 45.3 Å². The van der Waals surface area contributed by atoms with Crippen LogP contribution < -0.4 is 10.2 Å². The summed E-state index contributed by atoms with van der Waals surface area (Å²) in [6.45, 7) is 1.61. The van der Waals surface area contributed by atoms with Gasteiger partial charge in [-0.15, -0.1) is 0 Å². The average Bonchev–Trinajstić information content (AvgIpc) is 3.06. The molecule has 0 spiro atoms. The third-order valence-corrected chi connectivity index (χ3v) is 6.21. The lowest BCUT2D eigenvalue weighted by Gasteiger charge is -2.16. The Hall–Kier alpha value is -1.90. The molecule has 1 atom stereocenters. The molecule has 3 rings (SSSR count). The Kier molecular flexibility index (Phi) is 6.97. The first-order chi connectivity index (χ1) is 13.7. The van der Waals surface area contributed by atoms with E-state index in [4.69, 9.17) is 16.3 Å². The summed E-state index contributed by atoms with van der Waals surface area (Å²) >= 11 is 12.7. The number of aryl methyl sites for hydroxylation is 1. The second kappa shape index (κ2) is 9.28. The lowest BCUT2D eigenvalue weighted by atomic mass is 10.1. The van der Waals surface area contributed by atoms with Crippen molar-refractivity contribution < 1.29 is 19.1 Å². The molecule has 9 heteroatoms. The molecule has 2 amide bonds. The third kappa shape index (κ3) is 5.38. The van der Waals surface area contributed by atoms with E-state index in [2.05, 4.69) is 37.2 Å². The number of nitrogens with zero attached hydrogens (tertiary/aromatic N) is 1. The maximum atomic E-state index is 12.3. The molecule has 2 aromatic rings. The number of carbonyl (C=O) groups excluding carboxylic acids is 3. The minimum absolute atomic E-state index is 0.0535. The quantitative estimate of drug-likeness (QED) is 0.554. The van der Waals surface area contributed by atoms with Crippen LogP contribution in [-0.4, -0.2) is 30.9 Å². The van der Waals surface area contributed by atoms with Crippen LogP contribution in [0, 0.1) is 12.8 Å². The van der Waals surface area contributed by atoms with Crippen molar-refractivity contribution in [3.05, 3.63) is 55.9 Å². The Morgan fingerprint density at radius 1 is 1.24 bits per heavy atom. The number of hydrogen-bond acceptors (Lipinski definition) is 4. The maximum Gasteiger partial charge on any atom is 0.311 e. The number of ether oxygens (including phenoxy) is 1. The summed E-state index contributed by atoms with van der Waals surface area (Å²) in [6, 6.07) is 10.7. The van der Waals surface area contributed by atoms with Crippen LogP contribution in [0.4, 0.5) is 11.4 Å². The molecular weight excluding hydrogens is 527 g/mol. The van der Waals surface area contributed by atoms with Gasteiger partial charge in [-0.3, -0.25) is 14.4 Å². The van der Waals surface area contributed by atoms with Crippen molar-refractivity contribution in [1.82, 2.24) is 0 Å². The monoisotopic (exact) mass is 542 g/mol. The van der Waals surface area contributed by atoms with Crippen molar-refractivity contribution in [1.29, 1.82) is 0 Å². The van der Waals surface area contributed by atoms with Gasteiger partial charge in [-0.1, -0.05) is 27.5 Å². The normalized spacial score (nSPS) is 16.1. The molecule has 2 aromatic carbocycles. The highest BCUT2D eigenvalue weighted by Gasteiger charge is 2.36. The Labute approximate surface area is 189 Å². The highest BCUT2D eigenvalue weighted by molar-refractivity contribution is 9.10. The highest BCUT2D eigenvalue weighted by atomic mass is 79.9. The number of amides is 2. The van der Waals surface area contributed by atoms with E-state index < -0.39 is 24.4 Å². The summed E-state index contributed by atoms with van der Waals surface area (Å²) in [5.41, 5.74) is 2.07. The van der Waals surface area contributed by atoms with E-state index in [9.17, 15) is 14.4 Å². The first-order valence-electron chi connectivity index (χ1n) is 8.72. The predicted octanol–water partition coefficient (Wildman–Crippen LogP) is 4.71. The van der Waals surface area contributed by atoms with Crippen LogP contribution in [0.25, 0.3) is 0 Å². The van der Waals surface area contributed by atoms with Gasteiger partial charge in [-0.25, -0.2) is 0 Å². The molecule has 1 saturated heterocycles. The summed E-state index contributed by atoms with van der Waals surface area (Å²) < 4.78 is 6.75. The van der Waals surface area contributed by atoms with Gasteiger partial charge in [0.1, 0.15) is 0 Å². The number of halogens is 3. The second-order valence-corrected chi connectivity index (χ2v) is 8.80. The molecule has 1 aliphatic heterocycles. The fraction of sp³-hybridized carbons (Fsp3) is 0.250. The van der Waals surface area contributed by atoms with Crippen LogP contribution >= 0.6 is 43.5 Å². The van der Waals surface area contributed by atoms with E-state index in [0.717, 1.165) is 14.5 Å². The molecule has 29 heavy (non-hydrogen) atoms. The summed E-state index contributed by atoms with van der Waals surface area (Å²) in [5.74, 6) is -1.81. The van der Waals surface area contributed by atoms with E-state index in [1.54, 1.807) is 29.2 Å². The van der Waals surface area contributed by atoms with Gasteiger partial charge in [-0.05, 0) is 64.8 Å². The Morgan fingerprint density at radius 2 is 1.93 bits per heavy atom. The third-order valence-electron chi connectivity index (χ3n) is 4.48. The van der Waals surface area contributed by atoms with Crippen molar-refractivity contribution in [2.75, 3.05) is 23.4 Å². The van der Waals surface area contributed by atoms with Crippen molar-refractivity contribution in [2.45, 2.75) is 13.3 Å². The summed E-state index contributed by atoms with van der Waals surface area (Å²) in [5, 5.41) is 3.13. The molecule has 1 heterocycles. The van der Waals surface area contributed by atoms with Crippen molar-refractivity contribution in [2.24, 2.45) is 5.92 Å². The van der Waals surface area contributed by atoms with Gasteiger partial charge in [0.15, 0.2) is 6.61 Å². The minimum Gasteiger partial charge on any atom is -0.455 e. The molecule has 6 nitrogen and oxygen atoms in total. The summed E-state index contributed by atoms with van der Waals surface area (Å²) in [6.07, 6.45) is 0.0535. The molecule has 0 radical (unpaired) electrons. The standard InChI is InChI=1S/C20H17Br2ClN2O4/c1-11-6-15(22)16(23)8-17(11)24-18(26)10-29-20(28)12-7-19(27)25(9-12)14-4-2-13(21)3-5-14/h2-6,8,12H,7,9-10H2,1H3,(H,24,26)/t12-/m1/s1. The number of rotatable bonds is 5. The average molecular weight is 545 g/mol. The number of anilines is 2. The zero-order valence-electron chi connectivity index (χ0n) is 15.4. The first kappa shape index (κ1) is 21.8. The first-order valence-corrected chi connectivity index (χ1v) is 10.7. The largest absolute Gasteiger partial charge is 0.455 e. The second-order valence-electron chi connectivity index (χ2n) is 6.62. The summed E-state index contributed by atoms with van der Waals surface area (Å²) in [7, 11) is 0. The van der Waals surface area contributed by atoms with Gasteiger partial charge in [0.2, 0.25) is 5.91 Å². The van der Waals surface area contributed by atoms with Crippen molar-refractivity contribution in [3.8, 4) is 0 Å². The van der Waals surface area contributed by atoms with Gasteiger partial charge in [0, 0.05) is 33.3 Å². The molecule has 1 N–H and O–H groups in total. The van der Waals surface area contributed by atoms with E-state index >= 15 is 0 Å². The van der Waals surface area contributed by atoms with Crippen LogP contribution in [0.3, 0.4) is 0 Å². The molecule has 0 aromatic heterocycles. The molecule has 0 unspecified atom stereocenters. The van der Waals surface area contributed by atoms with E-state index in [-0.39, 0.29) is 18.9 Å². The fourth-order valence-electron chi connectivity index (χ4n) is 2.96. The van der Waals surface area contributed by atoms with Crippen LogP contribution in [0.1, 0.15) is 12.0 Å². The summed E-state index contributed by atoms with van der Waals surface area (Å²) in [4.78, 5) is 38.3. The van der Waals surface area contributed by atoms with E-state index in [1.165, 1.54) is 0 Å². The van der Waals surface area contributed by atoms with Gasteiger partial charge in [0.25, 0.3) is 5.91 Å². The smallest absolute Gasteiger partial charge is 0.311 e. The van der Waals surface area contributed by atoms with Gasteiger partial charge >= 0.3 is 5.97 Å². The molecule has 152 valence electrons. The maximum absolute atomic E-state index is 12.3. The predicted molar refractivity (Wildman–Crippen MR) is 118 cm³/mol. The molecular formula is C20H17Br2ClN2O4. The van der Waals surface area contributed by atoms with Crippen molar-refractivity contribution in [3.63, 3.8) is 0 Å². The number of esters is 1. The minimum atomic E-state index is -0.609. The van der Waals surface area contributed by atoms with Gasteiger partial charge < -0.3 is 15.0 Å². The van der Waals surface area contributed by atoms with E-state index in [0.29, 0.717) is 16.4 Å². The molecule has 0 aliphatic carbocycles. The zero-order valence-corrected chi connectivity index (χ0v) is 19.3. The van der Waals surface area contributed by atoms with Gasteiger partial charge in [0.05, 0.1) is 10.9 Å². The Morgan fingerprint density at radius 3 is 2.62 bits per heavy atom. The van der Waals surface area contributed by atoms with Crippen LogP contribution in [0.2, 0.25) is 5.02 Å². The SMILES string of the molecule is Cc1cc(Br)c(Cl)cc1NC(=O)COC(=O)[C@@H]1CC(=O)N(c2ccc(Br)cc2)C1. The number of nitrogens with one attached hydrogen (secondary N) is 1. The number of hydrogen-bond donors (Lipinski definition) is 1. The lowest BCUT2D eigenvalue weighted by molar-refractivity contribution is -0.151. The Balaban J connectivity index is 1.54. The van der Waals surface area contributed by atoms with E-state index in [1.807, 2.05) is 19.1 Å². The molecule has 0 bridgehead atoms. The van der Waals surface area contributed by atoms with Crippen molar-refractivity contribution >= 4 is 72.6 Å². The van der Waals surface area contributed by atoms with Crippen LogP contribution in [-0.2, 0) is 19.1 Å². The molecule has 1 aliphatic rings. The zero-order chi connectivity index (χ0) is 21.1. The number of carbonyl (C=O) groups is 3. The molecule has 0 saturated carbocycles. The molecule has 1 fully saturated rings. The Bertz CT molecular complexity index is 966. The lowest BCUT2D eigenvalue weighted by Crippen LogP contribution is -2.28. The van der Waals surface area contributed by atoms with Gasteiger partial charge in [-0.2, -0.15) is 0 Å². The fourth-order valence-corrected chi connectivity index (χ4v) is 3.84.